The van der Waals surface area contributed by atoms with Crippen molar-refractivity contribution in [2.45, 2.75) is 71.8 Å². The quantitative estimate of drug-likeness (QED) is 0.672. The summed E-state index contributed by atoms with van der Waals surface area (Å²) in [7, 11) is 0. The van der Waals surface area contributed by atoms with Crippen molar-refractivity contribution in [1.82, 2.24) is 5.32 Å². The van der Waals surface area contributed by atoms with Gasteiger partial charge in [0.05, 0.1) is 13.1 Å². The van der Waals surface area contributed by atoms with Gasteiger partial charge in [-0.2, -0.15) is 0 Å². The van der Waals surface area contributed by atoms with Crippen LogP contribution in [0.3, 0.4) is 0 Å². The summed E-state index contributed by atoms with van der Waals surface area (Å²) in [5.74, 6) is 0.772. The largest absolute Gasteiger partial charge is 0.369 e. The highest BCUT2D eigenvalue weighted by Gasteiger charge is 2.33. The number of nitrogens with one attached hydrogen (secondary N) is 2. The zero-order chi connectivity index (χ0) is 17.7. The number of hydrogen-bond acceptors (Lipinski definition) is 2. The number of likely N-dealkylation sites (tertiary alicyclic amines) is 1. The first-order chi connectivity index (χ1) is 11.3. The molecule has 2 aliphatic rings. The molecule has 1 aliphatic heterocycles. The van der Waals surface area contributed by atoms with Crippen molar-refractivity contribution in [3.63, 3.8) is 0 Å². The van der Waals surface area contributed by atoms with Gasteiger partial charge < -0.3 is 16.0 Å². The highest BCUT2D eigenvalue weighted by Crippen LogP contribution is 2.40. The highest BCUT2D eigenvalue weighted by atomic mass is 16.2. The Morgan fingerprint density at radius 2 is 1.67 bits per heavy atom. The lowest BCUT2D eigenvalue weighted by molar-refractivity contribution is -0.897. The first kappa shape index (κ1) is 19.2. The van der Waals surface area contributed by atoms with Crippen LogP contribution in [0.5, 0.6) is 0 Å². The van der Waals surface area contributed by atoms with E-state index in [1.165, 1.54) is 24.2 Å². The summed E-state index contributed by atoms with van der Waals surface area (Å²) >= 11 is 0. The maximum Gasteiger partial charge on any atom is 0.275 e. The van der Waals surface area contributed by atoms with Crippen LogP contribution < -0.4 is 16.0 Å². The molecule has 0 aromatic heterocycles. The van der Waals surface area contributed by atoms with Crippen LogP contribution in [0.15, 0.2) is 0 Å². The van der Waals surface area contributed by atoms with E-state index >= 15 is 0 Å². The molecule has 1 aliphatic carbocycles. The third kappa shape index (κ3) is 5.20. The third-order valence-corrected chi connectivity index (χ3v) is 6.61. The average Bonchev–Trinajstić information content (AvgIpc) is 2.55. The normalized spacial score (nSPS) is 31.5. The van der Waals surface area contributed by atoms with Gasteiger partial charge in [0.1, 0.15) is 0 Å². The maximum atomic E-state index is 12.3. The second kappa shape index (κ2) is 8.32. The molecule has 0 atom stereocenters. The van der Waals surface area contributed by atoms with Gasteiger partial charge in [-0.3, -0.25) is 9.59 Å². The number of quaternary nitrogens is 1. The standard InChI is InChI=1S/C19H35N3O2/c1-4-19(2,3)15-5-7-16(8-6-15)21-17(23)13-22-11-9-14(10-12-22)18(20)24/h14-16H,4-13H2,1-3H3,(H2,20,24)(H,21,23)/p+1. The van der Waals surface area contributed by atoms with Crippen LogP contribution in [-0.4, -0.2) is 37.5 Å². The van der Waals surface area contributed by atoms with Gasteiger partial charge in [-0.15, -0.1) is 0 Å². The minimum atomic E-state index is -0.190. The van der Waals surface area contributed by atoms with E-state index in [9.17, 15) is 9.59 Å². The number of carbonyl (C=O) groups is 2. The minimum Gasteiger partial charge on any atom is -0.369 e. The lowest BCUT2D eigenvalue weighted by Crippen LogP contribution is -3.14. The second-order valence-electron chi connectivity index (χ2n) is 8.56. The van der Waals surface area contributed by atoms with Crippen molar-refractivity contribution in [3.8, 4) is 0 Å². The predicted molar refractivity (Wildman–Crippen MR) is 95.4 cm³/mol. The molecule has 2 fully saturated rings. The van der Waals surface area contributed by atoms with Crippen molar-refractivity contribution in [2.24, 2.45) is 23.0 Å². The van der Waals surface area contributed by atoms with E-state index in [4.69, 9.17) is 5.73 Å². The molecule has 0 radical (unpaired) electrons. The minimum absolute atomic E-state index is 0.00834. The molecule has 1 saturated heterocycles. The molecular formula is C19H36N3O2+. The molecule has 0 bridgehead atoms. The molecule has 4 N–H and O–H groups in total. The Balaban J connectivity index is 1.68. The van der Waals surface area contributed by atoms with Crippen molar-refractivity contribution in [1.29, 1.82) is 0 Å². The Kier molecular flexibility index (Phi) is 6.67. The van der Waals surface area contributed by atoms with Gasteiger partial charge in [0.2, 0.25) is 5.91 Å². The molecule has 0 aromatic carbocycles. The number of carbonyl (C=O) groups excluding carboxylic acids is 2. The van der Waals surface area contributed by atoms with Crippen LogP contribution in [0.4, 0.5) is 0 Å². The number of rotatable bonds is 6. The monoisotopic (exact) mass is 338 g/mol. The van der Waals surface area contributed by atoms with Gasteiger partial charge >= 0.3 is 0 Å². The van der Waals surface area contributed by atoms with E-state index in [0.29, 0.717) is 18.0 Å². The molecule has 1 saturated carbocycles. The van der Waals surface area contributed by atoms with Crippen molar-refractivity contribution in [3.05, 3.63) is 0 Å². The maximum absolute atomic E-state index is 12.3. The van der Waals surface area contributed by atoms with Gasteiger partial charge in [0.15, 0.2) is 6.54 Å². The fourth-order valence-corrected chi connectivity index (χ4v) is 4.30. The van der Waals surface area contributed by atoms with Gasteiger partial charge in [-0.05, 0) is 37.0 Å². The molecule has 2 amide bonds. The van der Waals surface area contributed by atoms with E-state index in [1.54, 1.807) is 0 Å². The zero-order valence-electron chi connectivity index (χ0n) is 15.7. The van der Waals surface area contributed by atoms with E-state index in [-0.39, 0.29) is 17.7 Å². The molecule has 0 aromatic rings. The number of primary amides is 1. The Morgan fingerprint density at radius 3 is 2.17 bits per heavy atom. The first-order valence-corrected chi connectivity index (χ1v) is 9.74. The Labute approximate surface area is 146 Å². The summed E-state index contributed by atoms with van der Waals surface area (Å²) in [5.41, 5.74) is 5.78. The molecule has 0 spiro atoms. The molecular weight excluding hydrogens is 302 g/mol. The summed E-state index contributed by atoms with van der Waals surface area (Å²) < 4.78 is 0. The van der Waals surface area contributed by atoms with E-state index < -0.39 is 0 Å². The van der Waals surface area contributed by atoms with Crippen LogP contribution >= 0.6 is 0 Å². The lowest BCUT2D eigenvalue weighted by atomic mass is 9.69. The predicted octanol–water partition coefficient (Wildman–Crippen LogP) is 0.878. The van der Waals surface area contributed by atoms with Crippen molar-refractivity contribution in [2.75, 3.05) is 19.6 Å². The topological polar surface area (TPSA) is 76.6 Å². The summed E-state index contributed by atoms with van der Waals surface area (Å²) in [6, 6.07) is 0.351. The molecule has 24 heavy (non-hydrogen) atoms. The van der Waals surface area contributed by atoms with Gasteiger partial charge in [0, 0.05) is 24.8 Å². The van der Waals surface area contributed by atoms with Crippen LogP contribution in [0.1, 0.15) is 65.7 Å². The number of hydrogen-bond donors (Lipinski definition) is 3. The second-order valence-corrected chi connectivity index (χ2v) is 8.56. The molecule has 2 rings (SSSR count). The Morgan fingerprint density at radius 1 is 1.08 bits per heavy atom. The fraction of sp³-hybridized carbons (Fsp3) is 0.895. The Bertz CT molecular complexity index is 434. The van der Waals surface area contributed by atoms with Crippen LogP contribution in [-0.2, 0) is 9.59 Å². The van der Waals surface area contributed by atoms with Gasteiger partial charge in [-0.25, -0.2) is 0 Å². The average molecular weight is 339 g/mol. The number of nitrogens with two attached hydrogens (primary N) is 1. The fourth-order valence-electron chi connectivity index (χ4n) is 4.30. The Hall–Kier alpha value is -1.10. The number of amides is 2. The van der Waals surface area contributed by atoms with Gasteiger partial charge in [-0.1, -0.05) is 27.2 Å². The van der Waals surface area contributed by atoms with E-state index in [2.05, 4.69) is 26.1 Å². The van der Waals surface area contributed by atoms with E-state index in [1.807, 2.05) is 0 Å². The van der Waals surface area contributed by atoms with Crippen molar-refractivity contribution < 1.29 is 14.5 Å². The van der Waals surface area contributed by atoms with E-state index in [0.717, 1.165) is 44.7 Å². The van der Waals surface area contributed by atoms with Crippen LogP contribution in [0.25, 0.3) is 0 Å². The van der Waals surface area contributed by atoms with Crippen molar-refractivity contribution >= 4 is 11.8 Å². The number of piperidine rings is 1. The highest BCUT2D eigenvalue weighted by molar-refractivity contribution is 5.77. The zero-order valence-corrected chi connectivity index (χ0v) is 15.7. The molecule has 5 heteroatoms. The van der Waals surface area contributed by atoms with Crippen LogP contribution in [0.2, 0.25) is 0 Å². The van der Waals surface area contributed by atoms with Gasteiger partial charge in [0.25, 0.3) is 5.91 Å². The summed E-state index contributed by atoms with van der Waals surface area (Å²) in [6.07, 6.45) is 7.52. The molecule has 1 heterocycles. The van der Waals surface area contributed by atoms with Crippen LogP contribution in [0, 0.1) is 17.3 Å². The SMILES string of the molecule is CCC(C)(C)C1CCC(NC(=O)C[NH+]2CCC(C(N)=O)CC2)CC1. The lowest BCUT2D eigenvalue weighted by Gasteiger charge is -2.39. The molecule has 0 unspecified atom stereocenters. The summed E-state index contributed by atoms with van der Waals surface area (Å²) in [6.45, 7) is 9.30. The summed E-state index contributed by atoms with van der Waals surface area (Å²) in [4.78, 5) is 24.8. The third-order valence-electron chi connectivity index (χ3n) is 6.61. The first-order valence-electron chi connectivity index (χ1n) is 9.74. The smallest absolute Gasteiger partial charge is 0.275 e. The molecule has 5 nitrogen and oxygen atoms in total. The molecule has 138 valence electrons. The summed E-state index contributed by atoms with van der Waals surface area (Å²) in [5, 5.41) is 3.24.